The second-order valence-electron chi connectivity index (χ2n) is 13.8. The average Bonchev–Trinajstić information content (AvgIpc) is 3.92. The second-order valence-corrected chi connectivity index (χ2v) is 15.9. The Labute approximate surface area is 353 Å². The summed E-state index contributed by atoms with van der Waals surface area (Å²) in [4.78, 5) is 45.2. The van der Waals surface area contributed by atoms with Crippen LogP contribution >= 0.6 is 51.1 Å². The van der Waals surface area contributed by atoms with Crippen molar-refractivity contribution in [2.24, 2.45) is 5.73 Å². The maximum Gasteiger partial charge on any atom is 0.458 e. The molecule has 0 fully saturated rings. The first-order valence-corrected chi connectivity index (χ1v) is 20.0. The molecule has 0 saturated carbocycles. The van der Waals surface area contributed by atoms with Crippen molar-refractivity contribution in [3.8, 4) is 0 Å². The molecule has 59 heavy (non-hydrogen) atoms. The second kappa shape index (κ2) is 20.5. The number of hydrogen-bond donors (Lipinski definition) is 1. The standard InChI is InChI=1S/C17H23N3O4S.C7H5BrN2S.C7H7N3S.C4F6O2/c1-16(2,3)23-14(21)20(15(22)24-17(4,5)6)10-11-7-8-12-13(9-11)19-25-18-12;2*8-4-5-1-2-6-7(3-5)10-11-9-6;5-3(6,7)1(11)2(12)4(8,9)10/h7-9H,10H2,1-6H3;1-3H,4H2;1-3H,4,8H2;. The molecule has 0 atom stereocenters. The van der Waals surface area contributed by atoms with Gasteiger partial charge in [0.05, 0.1) is 41.7 Å². The van der Waals surface area contributed by atoms with E-state index in [1.165, 1.54) is 29.0 Å². The molecular formula is C35H35BrF6N8O6S3. The van der Waals surface area contributed by atoms with Crippen LogP contribution in [0.3, 0.4) is 0 Å². The lowest BCUT2D eigenvalue weighted by Crippen LogP contribution is -2.43. The molecule has 3 aromatic heterocycles. The predicted octanol–water partition coefficient (Wildman–Crippen LogP) is 9.35. The summed E-state index contributed by atoms with van der Waals surface area (Å²) in [5.41, 5.74) is 12.5. The molecule has 3 aromatic carbocycles. The zero-order valence-corrected chi connectivity index (χ0v) is 35.9. The Kier molecular flexibility index (Phi) is 16.8. The minimum Gasteiger partial charge on any atom is -0.443 e. The number of imide groups is 1. The third kappa shape index (κ3) is 15.7. The quantitative estimate of drug-likeness (QED) is 0.0977. The van der Waals surface area contributed by atoms with E-state index in [0.717, 1.165) is 66.2 Å². The van der Waals surface area contributed by atoms with Gasteiger partial charge in [-0.1, -0.05) is 34.1 Å². The molecule has 6 rings (SSSR count). The fourth-order valence-electron chi connectivity index (χ4n) is 4.07. The molecule has 6 aromatic rings. The lowest BCUT2D eigenvalue weighted by molar-refractivity contribution is -0.193. The molecule has 0 aliphatic carbocycles. The highest BCUT2D eigenvalue weighted by molar-refractivity contribution is 9.08. The zero-order valence-electron chi connectivity index (χ0n) is 31.8. The van der Waals surface area contributed by atoms with Crippen molar-refractivity contribution in [3.05, 3.63) is 71.3 Å². The van der Waals surface area contributed by atoms with Crippen LogP contribution in [0.1, 0.15) is 58.2 Å². The molecule has 14 nitrogen and oxygen atoms in total. The minimum absolute atomic E-state index is 0.0251. The smallest absolute Gasteiger partial charge is 0.443 e. The van der Waals surface area contributed by atoms with Crippen molar-refractivity contribution in [1.29, 1.82) is 0 Å². The van der Waals surface area contributed by atoms with Crippen molar-refractivity contribution in [2.45, 2.75) is 83.5 Å². The number of amides is 2. The number of nitrogens with two attached hydrogens (primary N) is 1. The highest BCUT2D eigenvalue weighted by atomic mass is 79.9. The fourth-order valence-corrected chi connectivity index (χ4v) is 5.97. The Hall–Kier alpha value is -4.78. The molecule has 0 aliphatic rings. The van der Waals surface area contributed by atoms with E-state index in [4.69, 9.17) is 15.2 Å². The highest BCUT2D eigenvalue weighted by Gasteiger charge is 2.54. The number of carbonyl (C=O) groups excluding carboxylic acids is 4. The van der Waals surface area contributed by atoms with Gasteiger partial charge >= 0.3 is 36.1 Å². The van der Waals surface area contributed by atoms with Crippen molar-refractivity contribution in [1.82, 2.24) is 31.1 Å². The molecule has 2 N–H and O–H groups in total. The van der Waals surface area contributed by atoms with Gasteiger partial charge in [0, 0.05) is 11.9 Å². The van der Waals surface area contributed by atoms with Crippen molar-refractivity contribution >= 4 is 108 Å². The molecule has 318 valence electrons. The van der Waals surface area contributed by atoms with Gasteiger partial charge in [0.25, 0.3) is 0 Å². The van der Waals surface area contributed by atoms with Crippen LogP contribution in [-0.4, -0.2) is 78.4 Å². The van der Waals surface area contributed by atoms with Gasteiger partial charge in [0.1, 0.15) is 44.3 Å². The van der Waals surface area contributed by atoms with Crippen LogP contribution in [0.2, 0.25) is 0 Å². The Morgan fingerprint density at radius 3 is 1.24 bits per heavy atom. The molecule has 2 amide bonds. The molecule has 0 radical (unpaired) electrons. The van der Waals surface area contributed by atoms with Crippen molar-refractivity contribution < 1.29 is 55.0 Å². The number of ether oxygens (including phenoxy) is 2. The number of hydrogen-bond acceptors (Lipinski definition) is 16. The topological polar surface area (TPSA) is 193 Å². The molecule has 0 unspecified atom stereocenters. The predicted molar refractivity (Wildman–Crippen MR) is 213 cm³/mol. The highest BCUT2D eigenvalue weighted by Crippen LogP contribution is 2.24. The van der Waals surface area contributed by atoms with Gasteiger partial charge < -0.3 is 15.2 Å². The van der Waals surface area contributed by atoms with E-state index in [1.807, 2.05) is 30.3 Å². The lowest BCUT2D eigenvalue weighted by atomic mass is 10.2. The number of aromatic nitrogens is 6. The zero-order chi connectivity index (χ0) is 44.3. The van der Waals surface area contributed by atoms with Crippen LogP contribution in [0.15, 0.2) is 54.6 Å². The van der Waals surface area contributed by atoms with Gasteiger partial charge in [0.2, 0.25) is 0 Å². The largest absolute Gasteiger partial charge is 0.458 e. The Morgan fingerprint density at radius 1 is 0.576 bits per heavy atom. The summed E-state index contributed by atoms with van der Waals surface area (Å²) in [6.07, 6.45) is -13.0. The van der Waals surface area contributed by atoms with Crippen LogP contribution in [0.4, 0.5) is 35.9 Å². The minimum atomic E-state index is -5.77. The number of halogens is 7. The number of rotatable bonds is 5. The van der Waals surface area contributed by atoms with E-state index < -0.39 is 47.3 Å². The Balaban J connectivity index is 0.000000229. The summed E-state index contributed by atoms with van der Waals surface area (Å²) in [5, 5.41) is 0.875. The van der Waals surface area contributed by atoms with Gasteiger partial charge in [-0.25, -0.2) is 14.5 Å². The van der Waals surface area contributed by atoms with E-state index in [2.05, 4.69) is 48.2 Å². The molecule has 0 bridgehead atoms. The fraction of sp³-hybridized carbons (Fsp3) is 0.371. The van der Waals surface area contributed by atoms with E-state index in [1.54, 1.807) is 59.7 Å². The lowest BCUT2D eigenvalue weighted by Gasteiger charge is -2.28. The van der Waals surface area contributed by atoms with E-state index in [0.29, 0.717) is 6.54 Å². The third-order valence-corrected chi connectivity index (χ3v) is 8.95. The first-order valence-electron chi connectivity index (χ1n) is 16.7. The number of fused-ring (bicyclic) bond motifs is 3. The number of Topliss-reactive ketones (excluding diaryl/α,β-unsaturated/α-hetero) is 2. The van der Waals surface area contributed by atoms with Crippen molar-refractivity contribution in [3.63, 3.8) is 0 Å². The van der Waals surface area contributed by atoms with Gasteiger partial charge in [-0.05, 0) is 94.6 Å². The monoisotopic (exact) mass is 952 g/mol. The molecule has 3 heterocycles. The van der Waals surface area contributed by atoms with Gasteiger partial charge in [0.15, 0.2) is 0 Å². The van der Waals surface area contributed by atoms with Crippen LogP contribution in [0, 0.1) is 0 Å². The van der Waals surface area contributed by atoms with Gasteiger partial charge in [-0.3, -0.25) is 9.59 Å². The Morgan fingerprint density at radius 2 is 0.898 bits per heavy atom. The molecule has 0 saturated heterocycles. The normalized spacial score (nSPS) is 11.7. The number of nitrogens with zero attached hydrogens (tertiary/aromatic N) is 7. The van der Waals surface area contributed by atoms with E-state index >= 15 is 0 Å². The number of alkyl halides is 7. The first-order chi connectivity index (χ1) is 27.3. The molecular weight excluding hydrogens is 919 g/mol. The summed E-state index contributed by atoms with van der Waals surface area (Å²) in [6, 6.07) is 17.4. The summed E-state index contributed by atoms with van der Waals surface area (Å²) >= 11 is 6.99. The molecule has 24 heteroatoms. The van der Waals surface area contributed by atoms with Crippen LogP contribution in [-0.2, 0) is 37.5 Å². The average molecular weight is 954 g/mol. The SMILES string of the molecule is BrCc1ccc2nsnc2c1.CC(C)(C)OC(=O)N(Cc1ccc2nsnc2c1)C(=O)OC(C)(C)C.NCc1ccc2nsnc2c1.O=C(C(=O)C(F)(F)F)C(F)(F)F. The maximum absolute atomic E-state index is 12.5. The molecule has 0 spiro atoms. The van der Waals surface area contributed by atoms with Crippen LogP contribution in [0.25, 0.3) is 33.1 Å². The van der Waals surface area contributed by atoms with Crippen LogP contribution in [0.5, 0.6) is 0 Å². The van der Waals surface area contributed by atoms with E-state index in [9.17, 15) is 45.5 Å². The van der Waals surface area contributed by atoms with E-state index in [-0.39, 0.29) is 6.54 Å². The summed E-state index contributed by atoms with van der Waals surface area (Å²) < 4.78 is 102. The third-order valence-electron chi connectivity index (χ3n) is 6.63. The van der Waals surface area contributed by atoms with Gasteiger partial charge in [-0.15, -0.1) is 0 Å². The van der Waals surface area contributed by atoms with Crippen molar-refractivity contribution in [2.75, 3.05) is 0 Å². The summed E-state index contributed by atoms with van der Waals surface area (Å²) in [6.45, 7) is 11.0. The number of ketones is 2. The first kappa shape index (κ1) is 48.6. The Bertz CT molecular complexity index is 2250. The molecule has 0 aliphatic heterocycles. The summed E-state index contributed by atoms with van der Waals surface area (Å²) in [5.74, 6) is -6.81. The maximum atomic E-state index is 12.5. The number of benzene rings is 3. The van der Waals surface area contributed by atoms with Gasteiger partial charge in [-0.2, -0.15) is 52.6 Å². The summed E-state index contributed by atoms with van der Waals surface area (Å²) in [7, 11) is 0. The van der Waals surface area contributed by atoms with Crippen LogP contribution < -0.4 is 5.73 Å². The number of carbonyl (C=O) groups is 4.